The molecule has 0 radical (unpaired) electrons. The zero-order valence-electron chi connectivity index (χ0n) is 10.6. The van der Waals surface area contributed by atoms with Gasteiger partial charge in [0.2, 0.25) is 0 Å². The van der Waals surface area contributed by atoms with Gasteiger partial charge in [-0.1, -0.05) is 18.2 Å². The highest BCUT2D eigenvalue weighted by atomic mass is 79.9. The first-order valence-electron chi connectivity index (χ1n) is 5.93. The van der Waals surface area contributed by atoms with E-state index in [1.54, 1.807) is 0 Å². The number of aromatic nitrogens is 4. The van der Waals surface area contributed by atoms with Gasteiger partial charge in [-0.05, 0) is 22.0 Å². The van der Waals surface area contributed by atoms with Gasteiger partial charge in [0.05, 0.1) is 12.1 Å². The van der Waals surface area contributed by atoms with E-state index in [1.807, 2.05) is 30.3 Å². The van der Waals surface area contributed by atoms with E-state index in [0.717, 1.165) is 10.9 Å². The predicted molar refractivity (Wildman–Crippen MR) is 79.6 cm³/mol. The lowest BCUT2D eigenvalue weighted by atomic mass is 10.1. The Morgan fingerprint density at radius 1 is 1.33 bits per heavy atom. The van der Waals surface area contributed by atoms with E-state index >= 15 is 0 Å². The zero-order valence-corrected chi connectivity index (χ0v) is 12.2. The molecule has 0 saturated carbocycles. The Morgan fingerprint density at radius 2 is 2.10 bits per heavy atom. The molecular formula is C12H9BrN6O2. The maximum atomic E-state index is 10.7. The number of nitrogens with two attached hydrogens (primary N) is 1. The first-order valence-corrected chi connectivity index (χ1v) is 6.73. The van der Waals surface area contributed by atoms with Gasteiger partial charge in [-0.25, -0.2) is 4.98 Å². The summed E-state index contributed by atoms with van der Waals surface area (Å²) in [6.45, 7) is 0.241. The van der Waals surface area contributed by atoms with Crippen molar-refractivity contribution < 1.29 is 4.92 Å². The fraction of sp³-hybridized carbons (Fsp3) is 0.0833. The van der Waals surface area contributed by atoms with Crippen LogP contribution in [0.2, 0.25) is 0 Å². The van der Waals surface area contributed by atoms with Gasteiger partial charge in [0.15, 0.2) is 0 Å². The molecule has 2 N–H and O–H groups in total. The first kappa shape index (κ1) is 13.4. The first-order chi connectivity index (χ1) is 10.0. The topological polar surface area (TPSA) is 113 Å². The number of hydrogen-bond donors (Lipinski definition) is 1. The van der Waals surface area contributed by atoms with Crippen molar-refractivity contribution >= 4 is 38.6 Å². The SMILES string of the molecule is Nc1nc2ccccc2cc1Cn1nc([N+](=O)[O-])nc1Br. The highest BCUT2D eigenvalue weighted by Gasteiger charge is 2.20. The average molecular weight is 349 g/mol. The molecule has 2 aromatic heterocycles. The van der Waals surface area contributed by atoms with Gasteiger partial charge >= 0.3 is 5.95 Å². The molecule has 0 aliphatic heterocycles. The summed E-state index contributed by atoms with van der Waals surface area (Å²) in [4.78, 5) is 18.0. The van der Waals surface area contributed by atoms with Crippen LogP contribution in [-0.4, -0.2) is 24.7 Å². The van der Waals surface area contributed by atoms with Gasteiger partial charge < -0.3 is 15.8 Å². The summed E-state index contributed by atoms with van der Waals surface area (Å²) >= 11 is 3.14. The number of halogens is 1. The van der Waals surface area contributed by atoms with Gasteiger partial charge in [-0.2, -0.15) is 4.68 Å². The van der Waals surface area contributed by atoms with Gasteiger partial charge in [0.25, 0.3) is 4.73 Å². The zero-order chi connectivity index (χ0) is 15.0. The molecule has 2 heterocycles. The largest absolute Gasteiger partial charge is 0.492 e. The third-order valence-electron chi connectivity index (χ3n) is 2.94. The number of nitrogen functional groups attached to an aromatic ring is 1. The molecule has 3 rings (SSSR count). The van der Waals surface area contributed by atoms with Crippen molar-refractivity contribution in [1.82, 2.24) is 19.7 Å². The van der Waals surface area contributed by atoms with Crippen LogP contribution in [0.1, 0.15) is 5.56 Å². The van der Waals surface area contributed by atoms with Crippen molar-refractivity contribution in [1.29, 1.82) is 0 Å². The van der Waals surface area contributed by atoms with Crippen LogP contribution >= 0.6 is 15.9 Å². The molecular weight excluding hydrogens is 340 g/mol. The van der Waals surface area contributed by atoms with Gasteiger partial charge in [-0.3, -0.25) is 0 Å². The summed E-state index contributed by atoms with van der Waals surface area (Å²) in [5.74, 6) is -0.104. The smallest absolute Gasteiger partial charge is 0.390 e. The van der Waals surface area contributed by atoms with Crippen LogP contribution in [0.25, 0.3) is 10.9 Å². The molecule has 0 amide bonds. The standard InChI is InChI=1S/C12H9BrN6O2/c13-11-16-12(19(20)21)17-18(11)6-8-5-7-3-1-2-4-9(7)15-10(8)14/h1-5H,6H2,(H2,14,15). The van der Waals surface area contributed by atoms with E-state index in [4.69, 9.17) is 5.73 Å². The molecule has 0 spiro atoms. The molecule has 0 unspecified atom stereocenters. The minimum Gasteiger partial charge on any atom is -0.390 e. The van der Waals surface area contributed by atoms with Crippen molar-refractivity contribution in [2.24, 2.45) is 0 Å². The quantitative estimate of drug-likeness (QED) is 0.572. The number of pyridine rings is 1. The number of nitro groups is 1. The summed E-state index contributed by atoms with van der Waals surface area (Å²) < 4.78 is 1.63. The Bertz CT molecular complexity index is 847. The Morgan fingerprint density at radius 3 is 2.81 bits per heavy atom. The van der Waals surface area contributed by atoms with E-state index in [2.05, 4.69) is 31.0 Å². The lowest BCUT2D eigenvalue weighted by Gasteiger charge is -2.06. The van der Waals surface area contributed by atoms with Crippen LogP contribution in [0.5, 0.6) is 0 Å². The predicted octanol–water partition coefficient (Wildman–Crippen LogP) is 2.13. The third-order valence-corrected chi connectivity index (χ3v) is 3.52. The monoisotopic (exact) mass is 348 g/mol. The van der Waals surface area contributed by atoms with E-state index in [9.17, 15) is 10.1 Å². The van der Waals surface area contributed by atoms with Crippen LogP contribution in [0.15, 0.2) is 35.1 Å². The minimum atomic E-state index is -0.650. The van der Waals surface area contributed by atoms with Crippen molar-refractivity contribution in [2.45, 2.75) is 6.54 Å². The van der Waals surface area contributed by atoms with E-state index < -0.39 is 10.9 Å². The highest BCUT2D eigenvalue weighted by molar-refractivity contribution is 9.10. The molecule has 8 nitrogen and oxygen atoms in total. The number of para-hydroxylation sites is 1. The maximum absolute atomic E-state index is 10.7. The Hall–Kier alpha value is -2.55. The van der Waals surface area contributed by atoms with Gasteiger partial charge in [0.1, 0.15) is 5.82 Å². The lowest BCUT2D eigenvalue weighted by Crippen LogP contribution is -2.07. The molecule has 106 valence electrons. The van der Waals surface area contributed by atoms with Crippen molar-refractivity contribution in [3.63, 3.8) is 0 Å². The molecule has 0 aliphatic rings. The minimum absolute atomic E-state index is 0.241. The molecule has 0 bridgehead atoms. The molecule has 9 heteroatoms. The second-order valence-corrected chi connectivity index (χ2v) is 5.03. The summed E-state index contributed by atoms with van der Waals surface area (Å²) in [5, 5.41) is 15.4. The van der Waals surface area contributed by atoms with E-state index in [1.165, 1.54) is 4.68 Å². The molecule has 0 atom stereocenters. The number of fused-ring (bicyclic) bond motifs is 1. The van der Waals surface area contributed by atoms with Crippen LogP contribution in [0, 0.1) is 10.1 Å². The summed E-state index contributed by atoms with van der Waals surface area (Å²) in [6, 6.07) is 9.46. The van der Waals surface area contributed by atoms with Crippen LogP contribution in [0.3, 0.4) is 0 Å². The van der Waals surface area contributed by atoms with Crippen LogP contribution < -0.4 is 5.73 Å². The van der Waals surface area contributed by atoms with Gasteiger partial charge in [-0.15, -0.1) is 0 Å². The molecule has 0 aliphatic carbocycles. The third kappa shape index (κ3) is 2.55. The Labute approximate surface area is 126 Å². The molecule has 1 aromatic carbocycles. The molecule has 21 heavy (non-hydrogen) atoms. The Kier molecular flexibility index (Phi) is 3.26. The second kappa shape index (κ2) is 5.09. The second-order valence-electron chi connectivity index (χ2n) is 4.32. The molecule has 0 saturated heterocycles. The normalized spacial score (nSPS) is 10.9. The number of rotatable bonds is 3. The highest BCUT2D eigenvalue weighted by Crippen LogP contribution is 2.21. The number of hydrogen-bond acceptors (Lipinski definition) is 6. The fourth-order valence-electron chi connectivity index (χ4n) is 1.95. The van der Waals surface area contributed by atoms with Crippen LogP contribution in [-0.2, 0) is 6.54 Å². The maximum Gasteiger partial charge on any atom is 0.492 e. The van der Waals surface area contributed by atoms with Crippen molar-refractivity contribution in [3.8, 4) is 0 Å². The number of nitrogens with zero attached hydrogens (tertiary/aromatic N) is 5. The van der Waals surface area contributed by atoms with Crippen molar-refractivity contribution in [3.05, 3.63) is 50.7 Å². The van der Waals surface area contributed by atoms with Gasteiger partial charge in [0, 0.05) is 32.0 Å². The molecule has 3 aromatic rings. The van der Waals surface area contributed by atoms with Crippen LogP contribution in [0.4, 0.5) is 11.8 Å². The van der Waals surface area contributed by atoms with E-state index in [-0.39, 0.29) is 11.3 Å². The summed E-state index contributed by atoms with van der Waals surface area (Å²) in [5.41, 5.74) is 7.44. The van der Waals surface area contributed by atoms with E-state index in [0.29, 0.717) is 11.4 Å². The summed E-state index contributed by atoms with van der Waals surface area (Å²) in [6.07, 6.45) is 0. The lowest BCUT2D eigenvalue weighted by molar-refractivity contribution is -0.394. The fourth-order valence-corrected chi connectivity index (χ4v) is 2.32. The van der Waals surface area contributed by atoms with Crippen molar-refractivity contribution in [2.75, 3.05) is 5.73 Å². The number of anilines is 1. The Balaban J connectivity index is 2.01. The average Bonchev–Trinajstić information content (AvgIpc) is 2.81. The number of benzene rings is 1. The molecule has 0 fully saturated rings. The summed E-state index contributed by atoms with van der Waals surface area (Å²) in [7, 11) is 0.